The number of thiocarbonyl (C=S) groups is 1. The Morgan fingerprint density at radius 1 is 1.13 bits per heavy atom. The maximum atomic E-state index is 4.61. The number of rotatable bonds is 6. The summed E-state index contributed by atoms with van der Waals surface area (Å²) in [5.74, 6) is 0. The molecule has 2 nitrogen and oxygen atoms in total. The molecule has 0 saturated carbocycles. The lowest BCUT2D eigenvalue weighted by Gasteiger charge is -2.10. The molecule has 0 atom stereocenters. The van der Waals surface area contributed by atoms with Crippen LogP contribution in [0.3, 0.4) is 0 Å². The van der Waals surface area contributed by atoms with Crippen LogP contribution in [0.1, 0.15) is 40.5 Å². The van der Waals surface area contributed by atoms with E-state index < -0.39 is 0 Å². The first-order chi connectivity index (χ1) is 7.12. The zero-order valence-corrected chi connectivity index (χ0v) is 12.2. The SMILES string of the molecule is CCCCNC(=S)[S-].CC[NH+](CC)CC. The van der Waals surface area contributed by atoms with Crippen LogP contribution in [0.25, 0.3) is 0 Å². The van der Waals surface area contributed by atoms with Crippen molar-refractivity contribution in [2.75, 3.05) is 26.2 Å². The number of unbranched alkanes of at least 4 members (excludes halogenated alkanes) is 1. The molecule has 0 fully saturated rings. The summed E-state index contributed by atoms with van der Waals surface area (Å²) < 4.78 is 0.485. The van der Waals surface area contributed by atoms with Gasteiger partial charge in [0, 0.05) is 6.54 Å². The Labute approximate surface area is 106 Å². The molecule has 0 aromatic heterocycles. The van der Waals surface area contributed by atoms with Crippen LogP contribution in [0.5, 0.6) is 0 Å². The molecule has 2 N–H and O–H groups in total. The Hall–Kier alpha value is 0.0700. The maximum Gasteiger partial charge on any atom is 0.0742 e. The van der Waals surface area contributed by atoms with E-state index >= 15 is 0 Å². The van der Waals surface area contributed by atoms with Gasteiger partial charge in [-0.3, -0.25) is 0 Å². The summed E-state index contributed by atoms with van der Waals surface area (Å²) in [4.78, 5) is 1.68. The molecule has 0 spiro atoms. The molecule has 0 aliphatic rings. The van der Waals surface area contributed by atoms with Gasteiger partial charge < -0.3 is 35.1 Å². The van der Waals surface area contributed by atoms with Crippen molar-refractivity contribution in [2.24, 2.45) is 0 Å². The number of quaternary nitrogens is 1. The Morgan fingerprint density at radius 2 is 1.60 bits per heavy atom. The summed E-state index contributed by atoms with van der Waals surface area (Å²) in [6.45, 7) is 13.5. The highest BCUT2D eigenvalue weighted by atomic mass is 32.1. The first-order valence-electron chi connectivity index (χ1n) is 5.90. The van der Waals surface area contributed by atoms with Gasteiger partial charge in [-0.2, -0.15) is 0 Å². The fourth-order valence-electron chi connectivity index (χ4n) is 1.12. The number of hydrogen-bond donors (Lipinski definition) is 2. The lowest BCUT2D eigenvalue weighted by Crippen LogP contribution is -3.11. The summed E-state index contributed by atoms with van der Waals surface area (Å²) in [6.07, 6.45) is 2.34. The van der Waals surface area contributed by atoms with Gasteiger partial charge in [0.1, 0.15) is 0 Å². The average Bonchev–Trinajstić information content (AvgIpc) is 2.21. The zero-order chi connectivity index (χ0) is 12.1. The van der Waals surface area contributed by atoms with Gasteiger partial charge in [-0.05, 0) is 27.2 Å². The summed E-state index contributed by atoms with van der Waals surface area (Å²) >= 11 is 9.23. The lowest BCUT2D eigenvalue weighted by atomic mass is 10.3. The smallest absolute Gasteiger partial charge is 0.0742 e. The van der Waals surface area contributed by atoms with E-state index in [4.69, 9.17) is 0 Å². The predicted octanol–water partition coefficient (Wildman–Crippen LogP) is 1.14. The monoisotopic (exact) mass is 250 g/mol. The minimum absolute atomic E-state index is 0.485. The Bertz CT molecular complexity index is 131. The van der Waals surface area contributed by atoms with Crippen LogP contribution in [-0.4, -0.2) is 30.5 Å². The third-order valence-electron chi connectivity index (χ3n) is 2.30. The Morgan fingerprint density at radius 3 is 1.80 bits per heavy atom. The second-order valence-electron chi connectivity index (χ2n) is 3.38. The van der Waals surface area contributed by atoms with Gasteiger partial charge in [0.2, 0.25) is 0 Å². The van der Waals surface area contributed by atoms with E-state index in [2.05, 4.69) is 57.9 Å². The highest BCUT2D eigenvalue weighted by Crippen LogP contribution is 1.81. The largest absolute Gasteiger partial charge is 0.412 e. The third-order valence-corrected chi connectivity index (χ3v) is 2.59. The molecule has 0 saturated heterocycles. The van der Waals surface area contributed by atoms with Crippen LogP contribution >= 0.6 is 12.2 Å². The molecule has 0 amide bonds. The second-order valence-corrected chi connectivity index (χ2v) is 4.45. The molecule has 4 heteroatoms. The van der Waals surface area contributed by atoms with Crippen molar-refractivity contribution in [1.82, 2.24) is 5.32 Å². The number of nitrogens with one attached hydrogen (secondary N) is 2. The molecule has 0 aromatic carbocycles. The summed E-state index contributed by atoms with van der Waals surface area (Å²) in [7, 11) is 0. The van der Waals surface area contributed by atoms with Crippen molar-refractivity contribution < 1.29 is 4.90 Å². The van der Waals surface area contributed by atoms with Crippen LogP contribution < -0.4 is 10.2 Å². The quantitative estimate of drug-likeness (QED) is 0.418. The Kier molecular flexibility index (Phi) is 16.4. The molecule has 0 aromatic rings. The zero-order valence-electron chi connectivity index (χ0n) is 10.6. The predicted molar refractivity (Wildman–Crippen MR) is 75.5 cm³/mol. The molecule has 0 rings (SSSR count). The molecule has 15 heavy (non-hydrogen) atoms. The van der Waals surface area contributed by atoms with Gasteiger partial charge in [0.05, 0.1) is 19.6 Å². The first kappa shape index (κ1) is 17.5. The van der Waals surface area contributed by atoms with Crippen molar-refractivity contribution in [3.05, 3.63) is 0 Å². The van der Waals surface area contributed by atoms with Gasteiger partial charge in [-0.15, -0.1) is 0 Å². The molecule has 0 aliphatic carbocycles. The van der Waals surface area contributed by atoms with Gasteiger partial charge in [0.25, 0.3) is 0 Å². The van der Waals surface area contributed by atoms with Crippen LogP contribution in [0, 0.1) is 0 Å². The van der Waals surface area contributed by atoms with Gasteiger partial charge in [-0.25, -0.2) is 0 Å². The normalized spacial score (nSPS) is 9.40. The fraction of sp³-hybridized carbons (Fsp3) is 0.909. The summed E-state index contributed by atoms with van der Waals surface area (Å²) in [5, 5.41) is 2.89. The fourth-order valence-corrected chi connectivity index (χ4v) is 1.32. The van der Waals surface area contributed by atoms with E-state index in [9.17, 15) is 0 Å². The van der Waals surface area contributed by atoms with Crippen LogP contribution in [0.15, 0.2) is 0 Å². The van der Waals surface area contributed by atoms with Crippen molar-refractivity contribution in [2.45, 2.75) is 40.5 Å². The first-order valence-corrected chi connectivity index (χ1v) is 6.72. The molecule has 92 valence electrons. The summed E-state index contributed by atoms with van der Waals surface area (Å²) in [6, 6.07) is 0. The van der Waals surface area contributed by atoms with Crippen molar-refractivity contribution in [3.8, 4) is 0 Å². The second kappa shape index (κ2) is 14.1. The number of hydrogen-bond acceptors (Lipinski definition) is 2. The highest BCUT2D eigenvalue weighted by Gasteiger charge is 1.92. The van der Waals surface area contributed by atoms with Crippen molar-refractivity contribution in [3.63, 3.8) is 0 Å². The van der Waals surface area contributed by atoms with E-state index in [0.717, 1.165) is 13.0 Å². The van der Waals surface area contributed by atoms with Gasteiger partial charge >= 0.3 is 0 Å². The molecule has 0 unspecified atom stereocenters. The topological polar surface area (TPSA) is 16.5 Å². The van der Waals surface area contributed by atoms with E-state index in [1.807, 2.05) is 0 Å². The van der Waals surface area contributed by atoms with Gasteiger partial charge in [-0.1, -0.05) is 17.7 Å². The van der Waals surface area contributed by atoms with E-state index in [0.29, 0.717) is 4.32 Å². The Balaban J connectivity index is 0. The molecular weight excluding hydrogens is 224 g/mol. The van der Waals surface area contributed by atoms with Crippen molar-refractivity contribution >= 4 is 29.2 Å². The molecular formula is C11H26N2S2. The van der Waals surface area contributed by atoms with E-state index in [-0.39, 0.29) is 0 Å². The van der Waals surface area contributed by atoms with Crippen LogP contribution in [0.2, 0.25) is 0 Å². The lowest BCUT2D eigenvalue weighted by molar-refractivity contribution is -0.894. The van der Waals surface area contributed by atoms with E-state index in [1.54, 1.807) is 4.90 Å². The van der Waals surface area contributed by atoms with Gasteiger partial charge in [0.15, 0.2) is 0 Å². The molecule has 0 heterocycles. The molecule has 0 radical (unpaired) electrons. The summed E-state index contributed by atoms with van der Waals surface area (Å²) in [5.41, 5.74) is 0. The van der Waals surface area contributed by atoms with Crippen molar-refractivity contribution in [1.29, 1.82) is 0 Å². The standard InChI is InChI=1S/C6H15N.C5H11NS2/c1-4-7(5-2)6-3;1-2-3-4-6-5(7)8/h4-6H2,1-3H3;2-4H2,1H3,(H2,6,7,8). The maximum absolute atomic E-state index is 4.61. The molecule has 0 bridgehead atoms. The molecule has 0 aliphatic heterocycles. The minimum atomic E-state index is 0.485. The highest BCUT2D eigenvalue weighted by molar-refractivity contribution is 8.00. The minimum Gasteiger partial charge on any atom is -0.412 e. The average molecular weight is 250 g/mol. The van der Waals surface area contributed by atoms with Crippen LogP contribution in [0.4, 0.5) is 0 Å². The van der Waals surface area contributed by atoms with Crippen LogP contribution in [-0.2, 0) is 12.6 Å². The van der Waals surface area contributed by atoms with E-state index in [1.165, 1.54) is 26.1 Å². The third kappa shape index (κ3) is 16.7.